The quantitative estimate of drug-likeness (QED) is 0.288. The van der Waals surface area contributed by atoms with Gasteiger partial charge in [0.05, 0.1) is 16.7 Å². The lowest BCUT2D eigenvalue weighted by Crippen LogP contribution is -2.36. The Morgan fingerprint density at radius 1 is 0.895 bits per heavy atom. The maximum atomic E-state index is 12.9. The Labute approximate surface area is 223 Å². The number of imidazole rings is 1. The lowest BCUT2D eigenvalue weighted by molar-refractivity contribution is -0.120. The third-order valence-electron chi connectivity index (χ3n) is 6.40. The van der Waals surface area contributed by atoms with E-state index >= 15 is 0 Å². The van der Waals surface area contributed by atoms with Crippen LogP contribution in [0.5, 0.6) is 0 Å². The zero-order chi connectivity index (χ0) is 26.2. The molecule has 0 spiro atoms. The van der Waals surface area contributed by atoms with Crippen molar-refractivity contribution in [1.82, 2.24) is 14.6 Å². The molecule has 7 nitrogen and oxygen atoms in total. The van der Waals surface area contributed by atoms with Crippen LogP contribution in [0.2, 0.25) is 5.02 Å². The summed E-state index contributed by atoms with van der Waals surface area (Å²) in [6.07, 6.45) is 0. The van der Waals surface area contributed by atoms with Gasteiger partial charge in [-0.3, -0.25) is 9.59 Å². The molecule has 0 aliphatic rings. The molecule has 0 bridgehead atoms. The first-order valence-corrected chi connectivity index (χ1v) is 12.5. The molecule has 6 aromatic rings. The van der Waals surface area contributed by atoms with Crippen LogP contribution < -0.4 is 10.2 Å². The molecule has 38 heavy (non-hydrogen) atoms. The maximum absolute atomic E-state index is 12.9. The summed E-state index contributed by atoms with van der Waals surface area (Å²) in [6, 6.07) is 30.3. The molecule has 186 valence electrons. The van der Waals surface area contributed by atoms with E-state index in [1.54, 1.807) is 12.1 Å². The first kappa shape index (κ1) is 23.6. The molecule has 0 fully saturated rings. The van der Waals surface area contributed by atoms with E-state index in [4.69, 9.17) is 21.7 Å². The highest BCUT2D eigenvalue weighted by atomic mass is 35.5. The second-order valence-electron chi connectivity index (χ2n) is 8.94. The summed E-state index contributed by atoms with van der Waals surface area (Å²) in [4.78, 5) is 31.3. The van der Waals surface area contributed by atoms with Crippen LogP contribution in [0, 0.1) is 0 Å². The fourth-order valence-corrected chi connectivity index (χ4v) is 4.74. The van der Waals surface area contributed by atoms with E-state index in [9.17, 15) is 9.59 Å². The van der Waals surface area contributed by atoms with Gasteiger partial charge in [-0.15, -0.1) is 0 Å². The van der Waals surface area contributed by atoms with Crippen molar-refractivity contribution in [1.29, 1.82) is 0 Å². The predicted octanol–water partition coefficient (Wildman–Crippen LogP) is 6.35. The van der Waals surface area contributed by atoms with Gasteiger partial charge in [0.25, 0.3) is 0 Å². The molecule has 2 amide bonds. The number of para-hydroxylation sites is 1. The molecule has 0 aliphatic heterocycles. The Morgan fingerprint density at radius 3 is 2.34 bits per heavy atom. The number of carbonyl (C=O) groups excluding carboxylic acids is 2. The fourth-order valence-electron chi connectivity index (χ4n) is 4.62. The molecule has 6 rings (SSSR count). The van der Waals surface area contributed by atoms with Gasteiger partial charge >= 0.3 is 0 Å². The highest BCUT2D eigenvalue weighted by Crippen LogP contribution is 2.32. The van der Waals surface area contributed by atoms with Crippen molar-refractivity contribution in [2.75, 3.05) is 16.8 Å². The first-order chi connectivity index (χ1) is 18.5. The molecule has 0 unspecified atom stereocenters. The van der Waals surface area contributed by atoms with Crippen molar-refractivity contribution < 1.29 is 9.59 Å². The van der Waals surface area contributed by atoms with Gasteiger partial charge < -0.3 is 10.2 Å². The number of hydrogen-bond donors (Lipinski definition) is 1. The van der Waals surface area contributed by atoms with Crippen LogP contribution in [0.25, 0.3) is 38.7 Å². The second-order valence-corrected chi connectivity index (χ2v) is 9.38. The van der Waals surface area contributed by atoms with Gasteiger partial charge in [0.2, 0.25) is 11.8 Å². The van der Waals surface area contributed by atoms with Gasteiger partial charge in [0, 0.05) is 39.7 Å². The SMILES string of the molecule is CC(=O)N(CC(=O)Nc1ccc2c(c1)nc1c3ccccc3c(-c3ccc(Cl)cc3)nn21)c1ccccc1. The molecule has 0 atom stereocenters. The van der Waals surface area contributed by atoms with Crippen LogP contribution in [0.4, 0.5) is 11.4 Å². The molecule has 8 heteroatoms. The number of carbonyl (C=O) groups is 2. The van der Waals surface area contributed by atoms with Crippen molar-refractivity contribution in [2.24, 2.45) is 0 Å². The Kier molecular flexibility index (Phi) is 5.98. The maximum Gasteiger partial charge on any atom is 0.244 e. The largest absolute Gasteiger partial charge is 0.324 e. The van der Waals surface area contributed by atoms with Crippen molar-refractivity contribution >= 4 is 62.2 Å². The number of benzene rings is 4. The number of hydrogen-bond acceptors (Lipinski definition) is 4. The van der Waals surface area contributed by atoms with Crippen molar-refractivity contribution in [3.63, 3.8) is 0 Å². The number of fused-ring (bicyclic) bond motifs is 5. The lowest BCUT2D eigenvalue weighted by Gasteiger charge is -2.20. The van der Waals surface area contributed by atoms with Gasteiger partial charge in [0.15, 0.2) is 5.65 Å². The van der Waals surface area contributed by atoms with Crippen molar-refractivity contribution in [3.05, 3.63) is 102 Å². The zero-order valence-electron chi connectivity index (χ0n) is 20.4. The Bertz CT molecular complexity index is 1830. The fraction of sp³-hybridized carbons (Fsp3) is 0.0667. The summed E-state index contributed by atoms with van der Waals surface area (Å²) in [5, 5.41) is 10.5. The third kappa shape index (κ3) is 4.33. The summed E-state index contributed by atoms with van der Waals surface area (Å²) in [5.41, 5.74) is 5.26. The van der Waals surface area contributed by atoms with Gasteiger partial charge in [-0.1, -0.05) is 66.2 Å². The summed E-state index contributed by atoms with van der Waals surface area (Å²) in [7, 11) is 0. The smallest absolute Gasteiger partial charge is 0.244 e. The van der Waals surface area contributed by atoms with Gasteiger partial charge in [-0.05, 0) is 42.5 Å². The van der Waals surface area contributed by atoms with E-state index in [0.29, 0.717) is 21.9 Å². The van der Waals surface area contributed by atoms with Crippen LogP contribution in [0.15, 0.2) is 97.1 Å². The van der Waals surface area contributed by atoms with Crippen LogP contribution in [0.3, 0.4) is 0 Å². The average Bonchev–Trinajstić information content (AvgIpc) is 3.30. The third-order valence-corrected chi connectivity index (χ3v) is 6.66. The molecule has 2 aromatic heterocycles. The monoisotopic (exact) mass is 519 g/mol. The Morgan fingerprint density at radius 2 is 1.61 bits per heavy atom. The number of amides is 2. The van der Waals surface area contributed by atoms with Crippen LogP contribution in [-0.2, 0) is 9.59 Å². The summed E-state index contributed by atoms with van der Waals surface area (Å²) in [5.74, 6) is -0.516. The van der Waals surface area contributed by atoms with E-state index in [0.717, 1.165) is 33.2 Å². The van der Waals surface area contributed by atoms with E-state index < -0.39 is 0 Å². The predicted molar refractivity (Wildman–Crippen MR) is 152 cm³/mol. The van der Waals surface area contributed by atoms with E-state index in [1.807, 2.05) is 89.4 Å². The molecule has 4 aromatic carbocycles. The molecular formula is C30H22ClN5O2. The number of nitrogens with zero attached hydrogens (tertiary/aromatic N) is 4. The average molecular weight is 520 g/mol. The molecular weight excluding hydrogens is 498 g/mol. The van der Waals surface area contributed by atoms with E-state index in [2.05, 4.69) is 5.32 Å². The van der Waals surface area contributed by atoms with Gasteiger partial charge in [-0.2, -0.15) is 5.10 Å². The molecule has 0 radical (unpaired) electrons. The minimum Gasteiger partial charge on any atom is -0.324 e. The number of halogens is 1. The number of aromatic nitrogens is 3. The molecule has 0 saturated heterocycles. The van der Waals surface area contributed by atoms with Crippen molar-refractivity contribution in [2.45, 2.75) is 6.92 Å². The number of nitrogens with one attached hydrogen (secondary N) is 1. The summed E-state index contributed by atoms with van der Waals surface area (Å²) < 4.78 is 1.83. The van der Waals surface area contributed by atoms with E-state index in [1.165, 1.54) is 11.8 Å². The molecule has 2 heterocycles. The second kappa shape index (κ2) is 9.61. The highest BCUT2D eigenvalue weighted by Gasteiger charge is 2.18. The minimum atomic E-state index is -0.305. The zero-order valence-corrected chi connectivity index (χ0v) is 21.2. The van der Waals surface area contributed by atoms with Gasteiger partial charge in [0.1, 0.15) is 6.54 Å². The number of rotatable bonds is 5. The highest BCUT2D eigenvalue weighted by molar-refractivity contribution is 6.30. The number of anilines is 2. The molecule has 0 aliphatic carbocycles. The van der Waals surface area contributed by atoms with Crippen molar-refractivity contribution in [3.8, 4) is 11.3 Å². The standard InChI is InChI=1S/C30H22ClN5O2/c1-19(37)35(23-7-3-2-4-8-23)18-28(38)32-22-15-16-27-26(17-22)33-30-25-10-6-5-9-24(25)29(34-36(27)30)20-11-13-21(31)14-12-20/h2-17H,18H2,1H3,(H,32,38). The lowest BCUT2D eigenvalue weighted by atomic mass is 10.1. The van der Waals surface area contributed by atoms with Crippen LogP contribution in [0.1, 0.15) is 6.92 Å². The summed E-state index contributed by atoms with van der Waals surface area (Å²) in [6.45, 7) is 1.35. The Balaban J connectivity index is 1.37. The molecule has 0 saturated carbocycles. The van der Waals surface area contributed by atoms with Gasteiger partial charge in [-0.25, -0.2) is 9.50 Å². The normalized spacial score (nSPS) is 11.2. The Hall–Kier alpha value is -4.75. The first-order valence-electron chi connectivity index (χ1n) is 12.1. The van der Waals surface area contributed by atoms with Crippen LogP contribution >= 0.6 is 11.6 Å². The topological polar surface area (TPSA) is 79.6 Å². The van der Waals surface area contributed by atoms with E-state index in [-0.39, 0.29) is 18.4 Å². The van der Waals surface area contributed by atoms with Crippen LogP contribution in [-0.4, -0.2) is 33.0 Å². The minimum absolute atomic E-state index is 0.0980. The summed E-state index contributed by atoms with van der Waals surface area (Å²) >= 11 is 6.11. The molecule has 1 N–H and O–H groups in total.